The van der Waals surface area contributed by atoms with Crippen molar-refractivity contribution in [3.63, 3.8) is 0 Å². The van der Waals surface area contributed by atoms with Gasteiger partial charge >= 0.3 is 0 Å². The standard InChI is InChI=1S/C14H19FOS.C6H7N.2C2H6/c1-2-3-4-11-5-6-12-9-13(15)7-8-14(12)17(16)10-11;7-6-4-2-1-3-5-6;2*1-2/h7-9,11H,2-6,10H2,1H3;1-5H,7H2;2*1-2H3. The molecule has 0 amide bonds. The molecule has 0 saturated heterocycles. The van der Waals surface area contributed by atoms with Crippen LogP contribution in [0.25, 0.3) is 0 Å². The van der Waals surface area contributed by atoms with Crippen molar-refractivity contribution in [1.29, 1.82) is 0 Å². The van der Waals surface area contributed by atoms with E-state index in [0.717, 1.165) is 41.2 Å². The van der Waals surface area contributed by atoms with Gasteiger partial charge in [0, 0.05) is 16.3 Å². The zero-order valence-corrected chi connectivity index (χ0v) is 19.0. The Morgan fingerprint density at radius 3 is 2.25 bits per heavy atom. The van der Waals surface area contributed by atoms with Crippen LogP contribution >= 0.6 is 0 Å². The van der Waals surface area contributed by atoms with Crippen LogP contribution in [-0.4, -0.2) is 9.96 Å². The lowest BCUT2D eigenvalue weighted by Crippen LogP contribution is -2.09. The number of halogens is 1. The topological polar surface area (TPSA) is 43.1 Å². The molecule has 2 atom stereocenters. The number of unbranched alkanes of at least 4 members (excludes halogenated alkanes) is 1. The Bertz CT molecular complexity index is 661. The van der Waals surface area contributed by atoms with E-state index in [9.17, 15) is 8.60 Å². The number of benzene rings is 2. The van der Waals surface area contributed by atoms with Crippen molar-refractivity contribution in [2.45, 2.75) is 71.6 Å². The Labute approximate surface area is 174 Å². The summed E-state index contributed by atoms with van der Waals surface area (Å²) in [6.45, 7) is 10.2. The fourth-order valence-electron chi connectivity index (χ4n) is 2.89. The molecule has 2 aromatic carbocycles. The van der Waals surface area contributed by atoms with Gasteiger partial charge in [0.15, 0.2) is 0 Å². The molecule has 4 heteroatoms. The molecule has 28 heavy (non-hydrogen) atoms. The van der Waals surface area contributed by atoms with Gasteiger partial charge in [-0.1, -0.05) is 65.7 Å². The SMILES string of the molecule is CC.CC.CCCCC1CCc2cc(F)ccc2S(=O)C1.Nc1ccccc1. The highest BCUT2D eigenvalue weighted by Crippen LogP contribution is 2.27. The maximum atomic E-state index is 13.2. The van der Waals surface area contributed by atoms with Crippen molar-refractivity contribution in [1.82, 2.24) is 0 Å². The average Bonchev–Trinajstić information content (AvgIpc) is 2.89. The summed E-state index contributed by atoms with van der Waals surface area (Å²) in [7, 11) is -0.941. The Hall–Kier alpha value is -1.68. The lowest BCUT2D eigenvalue weighted by molar-refractivity contribution is 0.478. The molecule has 1 aliphatic heterocycles. The van der Waals surface area contributed by atoms with Gasteiger partial charge in [-0.25, -0.2) is 4.39 Å². The number of aryl methyl sites for hydroxylation is 1. The van der Waals surface area contributed by atoms with Crippen molar-refractivity contribution in [3.8, 4) is 0 Å². The van der Waals surface area contributed by atoms with Crippen LogP contribution in [0.5, 0.6) is 0 Å². The molecule has 0 radical (unpaired) electrons. The molecule has 0 bridgehead atoms. The van der Waals surface area contributed by atoms with Crippen LogP contribution in [0.3, 0.4) is 0 Å². The fraction of sp³-hybridized carbons (Fsp3) is 0.500. The number of fused-ring (bicyclic) bond motifs is 1. The summed E-state index contributed by atoms with van der Waals surface area (Å²) >= 11 is 0. The minimum Gasteiger partial charge on any atom is -0.399 e. The van der Waals surface area contributed by atoms with Crippen molar-refractivity contribution in [2.24, 2.45) is 5.92 Å². The van der Waals surface area contributed by atoms with Crippen molar-refractivity contribution >= 4 is 16.5 Å². The number of anilines is 1. The third kappa shape index (κ3) is 10.0. The second-order valence-electron chi connectivity index (χ2n) is 6.22. The maximum absolute atomic E-state index is 13.2. The predicted octanol–water partition coefficient (Wildman–Crippen LogP) is 7.01. The van der Waals surface area contributed by atoms with Crippen LogP contribution < -0.4 is 5.73 Å². The minimum absolute atomic E-state index is 0.215. The highest BCUT2D eigenvalue weighted by molar-refractivity contribution is 7.85. The van der Waals surface area contributed by atoms with Crippen LogP contribution in [-0.2, 0) is 17.2 Å². The number of para-hydroxylation sites is 1. The summed E-state index contributed by atoms with van der Waals surface area (Å²) < 4.78 is 25.3. The van der Waals surface area contributed by atoms with Crippen LogP contribution in [0.1, 0.15) is 65.9 Å². The zero-order valence-electron chi connectivity index (χ0n) is 18.2. The van der Waals surface area contributed by atoms with Gasteiger partial charge < -0.3 is 5.73 Å². The predicted molar refractivity (Wildman–Crippen MR) is 123 cm³/mol. The van der Waals surface area contributed by atoms with Gasteiger partial charge in [-0.2, -0.15) is 0 Å². The fourth-order valence-corrected chi connectivity index (χ4v) is 4.50. The molecule has 1 aliphatic rings. The average molecular weight is 408 g/mol. The first-order valence-electron chi connectivity index (χ1n) is 10.6. The monoisotopic (exact) mass is 407 g/mol. The summed E-state index contributed by atoms with van der Waals surface area (Å²) in [6, 6.07) is 14.2. The third-order valence-corrected chi connectivity index (χ3v) is 5.91. The largest absolute Gasteiger partial charge is 0.399 e. The minimum atomic E-state index is -0.941. The van der Waals surface area contributed by atoms with Crippen LogP contribution in [0, 0.1) is 11.7 Å². The third-order valence-electron chi connectivity index (χ3n) is 4.24. The summed E-state index contributed by atoms with van der Waals surface area (Å²) in [5.74, 6) is 1.07. The smallest absolute Gasteiger partial charge is 0.123 e. The molecule has 158 valence electrons. The Morgan fingerprint density at radius 2 is 1.71 bits per heavy atom. The van der Waals surface area contributed by atoms with E-state index in [2.05, 4.69) is 6.92 Å². The van der Waals surface area contributed by atoms with Crippen molar-refractivity contribution in [2.75, 3.05) is 11.5 Å². The molecule has 2 nitrogen and oxygen atoms in total. The summed E-state index contributed by atoms with van der Waals surface area (Å²) in [4.78, 5) is 0.852. The molecule has 2 N–H and O–H groups in total. The molecule has 0 spiro atoms. The first-order valence-corrected chi connectivity index (χ1v) is 11.9. The van der Waals surface area contributed by atoms with E-state index in [4.69, 9.17) is 5.73 Å². The van der Waals surface area contributed by atoms with Gasteiger partial charge in [-0.05, 0) is 61.1 Å². The van der Waals surface area contributed by atoms with Gasteiger partial charge in [-0.3, -0.25) is 4.21 Å². The second-order valence-corrected chi connectivity index (χ2v) is 7.69. The van der Waals surface area contributed by atoms with E-state index in [-0.39, 0.29) is 5.82 Å². The molecule has 3 rings (SSSR count). The lowest BCUT2D eigenvalue weighted by atomic mass is 9.96. The first kappa shape index (κ1) is 26.3. The van der Waals surface area contributed by atoms with Crippen molar-refractivity contribution < 1.29 is 8.60 Å². The quantitative estimate of drug-likeness (QED) is 0.556. The molecule has 0 saturated carbocycles. The van der Waals surface area contributed by atoms with E-state index < -0.39 is 10.8 Å². The second kappa shape index (κ2) is 16.3. The molecular formula is C24H38FNOS. The zero-order chi connectivity index (χ0) is 21.4. The Balaban J connectivity index is 0.000000553. The highest BCUT2D eigenvalue weighted by Gasteiger charge is 2.21. The molecule has 0 aliphatic carbocycles. The number of hydrogen-bond acceptors (Lipinski definition) is 2. The van der Waals surface area contributed by atoms with Gasteiger partial charge in [0.05, 0.1) is 10.8 Å². The molecule has 1 heterocycles. The lowest BCUT2D eigenvalue weighted by Gasteiger charge is -2.11. The van der Waals surface area contributed by atoms with E-state index in [0.29, 0.717) is 5.92 Å². The summed E-state index contributed by atoms with van der Waals surface area (Å²) in [5.41, 5.74) is 7.13. The first-order chi connectivity index (χ1) is 13.6. The number of hydrogen-bond donors (Lipinski definition) is 1. The molecule has 2 unspecified atom stereocenters. The van der Waals surface area contributed by atoms with Crippen molar-refractivity contribution in [3.05, 3.63) is 59.9 Å². The molecule has 2 aromatic rings. The molecular weight excluding hydrogens is 369 g/mol. The molecule has 0 fully saturated rings. The normalized spacial score (nSPS) is 17.2. The number of nitrogens with two attached hydrogens (primary N) is 1. The highest BCUT2D eigenvalue weighted by atomic mass is 32.2. The summed E-state index contributed by atoms with van der Waals surface area (Å²) in [5, 5.41) is 0. The van der Waals surface area contributed by atoms with Crippen LogP contribution in [0.15, 0.2) is 53.4 Å². The Morgan fingerprint density at radius 1 is 1.07 bits per heavy atom. The van der Waals surface area contributed by atoms with Gasteiger partial charge in [0.2, 0.25) is 0 Å². The number of nitrogen functional groups attached to an aromatic ring is 1. The van der Waals surface area contributed by atoms with Crippen LogP contribution in [0.2, 0.25) is 0 Å². The number of rotatable bonds is 3. The van der Waals surface area contributed by atoms with Gasteiger partial charge in [0.25, 0.3) is 0 Å². The van der Waals surface area contributed by atoms with Crippen LogP contribution in [0.4, 0.5) is 10.1 Å². The summed E-state index contributed by atoms with van der Waals surface area (Å²) in [6.07, 6.45) is 5.45. The molecule has 0 aromatic heterocycles. The van der Waals surface area contributed by atoms with E-state index in [1.54, 1.807) is 12.1 Å². The van der Waals surface area contributed by atoms with E-state index >= 15 is 0 Å². The van der Waals surface area contributed by atoms with Gasteiger partial charge in [0.1, 0.15) is 5.82 Å². The van der Waals surface area contributed by atoms with E-state index in [1.807, 2.05) is 58.0 Å². The maximum Gasteiger partial charge on any atom is 0.123 e. The van der Waals surface area contributed by atoms with E-state index in [1.165, 1.54) is 18.9 Å². The Kier molecular flexibility index (Phi) is 15.3. The van der Waals surface area contributed by atoms with Gasteiger partial charge in [-0.15, -0.1) is 0 Å².